The Morgan fingerprint density at radius 2 is 1.83 bits per heavy atom. The van der Waals surface area contributed by atoms with Crippen LogP contribution in [0.15, 0.2) is 12.4 Å². The van der Waals surface area contributed by atoms with E-state index < -0.39 is 0 Å². The van der Waals surface area contributed by atoms with Gasteiger partial charge in [-0.2, -0.15) is 0 Å². The van der Waals surface area contributed by atoms with Crippen LogP contribution in [0.4, 0.5) is 0 Å². The summed E-state index contributed by atoms with van der Waals surface area (Å²) >= 11 is 4.51. The van der Waals surface area contributed by atoms with E-state index in [1.54, 1.807) is 0 Å². The summed E-state index contributed by atoms with van der Waals surface area (Å²) in [7, 11) is 0. The highest BCUT2D eigenvalue weighted by molar-refractivity contribution is 14.1. The van der Waals surface area contributed by atoms with Crippen molar-refractivity contribution in [2.24, 2.45) is 0 Å². The van der Waals surface area contributed by atoms with Crippen molar-refractivity contribution in [3.05, 3.63) is 19.5 Å². The molecule has 4 heteroatoms. The summed E-state index contributed by atoms with van der Waals surface area (Å²) in [4.78, 5) is 4.08. The first kappa shape index (κ1) is 8.98. The van der Waals surface area contributed by atoms with Crippen molar-refractivity contribution in [1.29, 1.82) is 0 Å². The molecule has 0 aromatic carbocycles. The predicted molar refractivity (Wildman–Crippen MR) is 63.3 cm³/mol. The Hall–Kier alpha value is 0.410. The summed E-state index contributed by atoms with van der Waals surface area (Å²) in [6.07, 6.45) is 6.54. The summed E-state index contributed by atoms with van der Waals surface area (Å²) in [6.45, 7) is 0. The van der Waals surface area contributed by atoms with Gasteiger partial charge >= 0.3 is 0 Å². The van der Waals surface area contributed by atoms with Crippen LogP contribution in [-0.4, -0.2) is 11.1 Å². The lowest BCUT2D eigenvalue weighted by Crippen LogP contribution is -2.00. The van der Waals surface area contributed by atoms with E-state index >= 15 is 0 Å². The third-order valence-corrected chi connectivity index (χ3v) is 3.16. The van der Waals surface area contributed by atoms with E-state index in [9.17, 15) is 0 Å². The molecule has 12 heavy (non-hydrogen) atoms. The second-order valence-corrected chi connectivity index (χ2v) is 5.07. The molecule has 0 radical (unpaired) electrons. The van der Waals surface area contributed by atoms with Crippen molar-refractivity contribution < 1.29 is 4.74 Å². The molecule has 0 atom stereocenters. The van der Waals surface area contributed by atoms with Gasteiger partial charge in [-0.25, -0.2) is 0 Å². The highest BCUT2D eigenvalue weighted by atomic mass is 127. The monoisotopic (exact) mass is 387 g/mol. The maximum Gasteiger partial charge on any atom is 0.149 e. The fourth-order valence-corrected chi connectivity index (χ4v) is 2.54. The summed E-state index contributed by atoms with van der Waals surface area (Å²) < 4.78 is 7.94. The number of pyridine rings is 1. The normalized spacial score (nSPS) is 16.2. The molecule has 0 spiro atoms. The van der Waals surface area contributed by atoms with Gasteiger partial charge in [0.05, 0.1) is 13.2 Å². The minimum absolute atomic E-state index is 0.467. The van der Waals surface area contributed by atoms with Crippen molar-refractivity contribution >= 4 is 45.2 Å². The van der Waals surface area contributed by atoms with Crippen LogP contribution >= 0.6 is 45.2 Å². The molecule has 0 saturated heterocycles. The molecule has 1 saturated carbocycles. The first-order chi connectivity index (χ1) is 5.77. The fourth-order valence-electron chi connectivity index (χ4n) is 0.865. The number of nitrogens with zero attached hydrogens (tertiary/aromatic N) is 1. The zero-order chi connectivity index (χ0) is 8.55. The van der Waals surface area contributed by atoms with E-state index in [-0.39, 0.29) is 0 Å². The zero-order valence-electron chi connectivity index (χ0n) is 6.26. The third-order valence-electron chi connectivity index (χ3n) is 1.62. The van der Waals surface area contributed by atoms with Crippen LogP contribution in [0.1, 0.15) is 12.8 Å². The van der Waals surface area contributed by atoms with Gasteiger partial charge in [-0.3, -0.25) is 4.98 Å². The van der Waals surface area contributed by atoms with Crippen LogP contribution in [0.5, 0.6) is 5.75 Å². The number of hydrogen-bond acceptors (Lipinski definition) is 2. The smallest absolute Gasteiger partial charge is 0.149 e. The van der Waals surface area contributed by atoms with Gasteiger partial charge in [0.2, 0.25) is 0 Å². The van der Waals surface area contributed by atoms with E-state index in [2.05, 4.69) is 50.2 Å². The minimum Gasteiger partial charge on any atom is -0.488 e. The molecule has 0 unspecified atom stereocenters. The Kier molecular flexibility index (Phi) is 2.73. The highest BCUT2D eigenvalue weighted by Gasteiger charge is 2.25. The number of hydrogen-bond donors (Lipinski definition) is 0. The van der Waals surface area contributed by atoms with E-state index in [4.69, 9.17) is 4.74 Å². The van der Waals surface area contributed by atoms with Crippen LogP contribution in [0.3, 0.4) is 0 Å². The second-order valence-electron chi connectivity index (χ2n) is 2.75. The summed E-state index contributed by atoms with van der Waals surface area (Å²) in [5.74, 6) is 1.01. The van der Waals surface area contributed by atoms with E-state index in [0.717, 1.165) is 12.9 Å². The van der Waals surface area contributed by atoms with Crippen molar-refractivity contribution in [3.8, 4) is 5.75 Å². The van der Waals surface area contributed by atoms with Gasteiger partial charge in [-0.05, 0) is 58.0 Å². The van der Waals surface area contributed by atoms with Gasteiger partial charge in [0.15, 0.2) is 0 Å². The lowest BCUT2D eigenvalue weighted by atomic mass is 10.4. The molecule has 1 heterocycles. The molecule has 0 N–H and O–H groups in total. The van der Waals surface area contributed by atoms with Crippen LogP contribution in [0.25, 0.3) is 0 Å². The molecular weight excluding hydrogens is 380 g/mol. The van der Waals surface area contributed by atoms with E-state index in [1.165, 1.54) is 12.8 Å². The van der Waals surface area contributed by atoms with Gasteiger partial charge in [-0.1, -0.05) is 0 Å². The molecular formula is C8H7I2NO. The molecule has 1 aliphatic carbocycles. The number of rotatable bonds is 2. The quantitative estimate of drug-likeness (QED) is 0.729. The molecule has 0 aliphatic heterocycles. The SMILES string of the molecule is Ic1cncc(I)c1OC1CC1. The molecule has 1 aromatic heterocycles. The van der Waals surface area contributed by atoms with Crippen LogP contribution < -0.4 is 4.74 Å². The van der Waals surface area contributed by atoms with E-state index in [1.807, 2.05) is 12.4 Å². The van der Waals surface area contributed by atoms with Crippen molar-refractivity contribution in [2.45, 2.75) is 18.9 Å². The molecule has 0 bridgehead atoms. The molecule has 1 aromatic rings. The largest absolute Gasteiger partial charge is 0.488 e. The zero-order valence-corrected chi connectivity index (χ0v) is 10.6. The number of aromatic nitrogens is 1. The summed E-state index contributed by atoms with van der Waals surface area (Å²) in [5, 5.41) is 0. The molecule has 64 valence electrons. The maximum atomic E-state index is 5.73. The minimum atomic E-state index is 0.467. The average Bonchev–Trinajstić information content (AvgIpc) is 2.80. The molecule has 2 rings (SSSR count). The van der Waals surface area contributed by atoms with E-state index in [0.29, 0.717) is 6.10 Å². The van der Waals surface area contributed by atoms with Crippen LogP contribution in [0, 0.1) is 7.14 Å². The molecule has 1 fully saturated rings. The van der Waals surface area contributed by atoms with Gasteiger partial charge in [0.25, 0.3) is 0 Å². The Balaban J connectivity index is 2.26. The van der Waals surface area contributed by atoms with Crippen molar-refractivity contribution in [1.82, 2.24) is 4.98 Å². The Morgan fingerprint density at radius 3 is 2.33 bits per heavy atom. The van der Waals surface area contributed by atoms with Gasteiger partial charge in [0, 0.05) is 12.4 Å². The van der Waals surface area contributed by atoms with Gasteiger partial charge in [0.1, 0.15) is 5.75 Å². The lowest BCUT2D eigenvalue weighted by Gasteiger charge is -2.07. The second kappa shape index (κ2) is 3.65. The van der Waals surface area contributed by atoms with Gasteiger partial charge < -0.3 is 4.74 Å². The number of ether oxygens (including phenoxy) is 1. The molecule has 1 aliphatic rings. The Bertz CT molecular complexity index is 279. The first-order valence-corrected chi connectivity index (χ1v) is 5.89. The first-order valence-electron chi connectivity index (χ1n) is 3.73. The fraction of sp³-hybridized carbons (Fsp3) is 0.375. The summed E-state index contributed by atoms with van der Waals surface area (Å²) in [6, 6.07) is 0. The third kappa shape index (κ3) is 2.01. The highest BCUT2D eigenvalue weighted by Crippen LogP contribution is 2.32. The molecule has 2 nitrogen and oxygen atoms in total. The van der Waals surface area contributed by atoms with Crippen LogP contribution in [0.2, 0.25) is 0 Å². The molecule has 0 amide bonds. The Labute approximate surface area is 98.4 Å². The summed E-state index contributed by atoms with van der Waals surface area (Å²) in [5.41, 5.74) is 0. The van der Waals surface area contributed by atoms with Crippen molar-refractivity contribution in [2.75, 3.05) is 0 Å². The standard InChI is InChI=1S/C8H7I2NO/c9-6-3-11-4-7(10)8(6)12-5-1-2-5/h3-5H,1-2H2. The Morgan fingerprint density at radius 1 is 1.25 bits per heavy atom. The topological polar surface area (TPSA) is 22.1 Å². The van der Waals surface area contributed by atoms with Crippen molar-refractivity contribution in [3.63, 3.8) is 0 Å². The number of halogens is 2. The average molecular weight is 387 g/mol. The van der Waals surface area contributed by atoms with Crippen LogP contribution in [-0.2, 0) is 0 Å². The predicted octanol–water partition coefficient (Wildman–Crippen LogP) is 2.83. The van der Waals surface area contributed by atoms with Gasteiger partial charge in [-0.15, -0.1) is 0 Å². The maximum absolute atomic E-state index is 5.73. The lowest BCUT2D eigenvalue weighted by molar-refractivity contribution is 0.298.